The third kappa shape index (κ3) is 4.58. The Bertz CT molecular complexity index is 1010. The SMILES string of the molecule is O=C(Nc1ccccc1N1CCNCC1)c1csc(N2CCC(c3cscn3)CC2)n1. The van der Waals surface area contributed by atoms with Gasteiger partial charge in [0.1, 0.15) is 5.69 Å². The van der Waals surface area contributed by atoms with Crippen LogP contribution in [-0.4, -0.2) is 55.1 Å². The Kier molecular flexibility index (Phi) is 6.15. The van der Waals surface area contributed by atoms with E-state index in [1.165, 1.54) is 5.69 Å². The number of nitrogens with zero attached hydrogens (tertiary/aromatic N) is 4. The lowest BCUT2D eigenvalue weighted by Gasteiger charge is -2.31. The molecule has 0 saturated carbocycles. The van der Waals surface area contributed by atoms with Crippen molar-refractivity contribution in [3.8, 4) is 0 Å². The zero-order valence-electron chi connectivity index (χ0n) is 17.3. The monoisotopic (exact) mass is 454 g/mol. The summed E-state index contributed by atoms with van der Waals surface area (Å²) < 4.78 is 0. The van der Waals surface area contributed by atoms with Crippen molar-refractivity contribution in [2.75, 3.05) is 54.4 Å². The van der Waals surface area contributed by atoms with Crippen LogP contribution in [0, 0.1) is 0 Å². The van der Waals surface area contributed by atoms with E-state index in [9.17, 15) is 4.79 Å². The average molecular weight is 455 g/mol. The van der Waals surface area contributed by atoms with E-state index in [0.29, 0.717) is 11.6 Å². The second-order valence-corrected chi connectivity index (χ2v) is 9.45. The van der Waals surface area contributed by atoms with Crippen LogP contribution < -0.4 is 20.4 Å². The summed E-state index contributed by atoms with van der Waals surface area (Å²) in [4.78, 5) is 26.7. The molecule has 9 heteroatoms. The summed E-state index contributed by atoms with van der Waals surface area (Å²) in [5, 5.41) is 11.4. The minimum atomic E-state index is -0.151. The van der Waals surface area contributed by atoms with Gasteiger partial charge in [-0.15, -0.1) is 22.7 Å². The number of piperidine rings is 1. The maximum Gasteiger partial charge on any atom is 0.275 e. The average Bonchev–Trinajstić information content (AvgIpc) is 3.53. The van der Waals surface area contributed by atoms with Crippen LogP contribution in [0.5, 0.6) is 0 Å². The molecule has 31 heavy (non-hydrogen) atoms. The lowest BCUT2D eigenvalue weighted by molar-refractivity contribution is 0.102. The Morgan fingerprint density at radius 2 is 1.87 bits per heavy atom. The highest BCUT2D eigenvalue weighted by molar-refractivity contribution is 7.14. The number of piperazine rings is 1. The van der Waals surface area contributed by atoms with Gasteiger partial charge in [0.25, 0.3) is 5.91 Å². The van der Waals surface area contributed by atoms with Crippen molar-refractivity contribution in [2.45, 2.75) is 18.8 Å². The fraction of sp³-hybridized carbons (Fsp3) is 0.409. The maximum absolute atomic E-state index is 12.9. The van der Waals surface area contributed by atoms with E-state index in [0.717, 1.165) is 68.6 Å². The molecular weight excluding hydrogens is 428 g/mol. The molecule has 2 fully saturated rings. The molecule has 0 unspecified atom stereocenters. The molecule has 2 N–H and O–H groups in total. The highest BCUT2D eigenvalue weighted by Crippen LogP contribution is 2.32. The number of rotatable bonds is 5. The summed E-state index contributed by atoms with van der Waals surface area (Å²) in [7, 11) is 0. The molecule has 0 bridgehead atoms. The van der Waals surface area contributed by atoms with Crippen LogP contribution in [-0.2, 0) is 0 Å². The van der Waals surface area contributed by atoms with Crippen LogP contribution >= 0.6 is 22.7 Å². The quantitative estimate of drug-likeness (QED) is 0.613. The number of amides is 1. The van der Waals surface area contributed by atoms with E-state index >= 15 is 0 Å². The van der Waals surface area contributed by atoms with E-state index in [1.807, 2.05) is 29.1 Å². The van der Waals surface area contributed by atoms with Gasteiger partial charge in [-0.3, -0.25) is 4.79 Å². The van der Waals surface area contributed by atoms with Gasteiger partial charge in [-0.05, 0) is 25.0 Å². The van der Waals surface area contributed by atoms with E-state index < -0.39 is 0 Å². The molecule has 162 valence electrons. The first-order chi connectivity index (χ1) is 15.3. The zero-order valence-corrected chi connectivity index (χ0v) is 18.9. The number of thiazole rings is 2. The fourth-order valence-electron chi connectivity index (χ4n) is 4.25. The van der Waals surface area contributed by atoms with Crippen LogP contribution in [0.3, 0.4) is 0 Å². The van der Waals surface area contributed by atoms with Gasteiger partial charge in [-0.1, -0.05) is 12.1 Å². The summed E-state index contributed by atoms with van der Waals surface area (Å²) in [6.45, 7) is 5.67. The third-order valence-corrected chi connectivity index (χ3v) is 7.48. The van der Waals surface area contributed by atoms with Crippen LogP contribution in [0.15, 0.2) is 40.5 Å². The Balaban J connectivity index is 1.23. The molecule has 0 aliphatic carbocycles. The predicted octanol–water partition coefficient (Wildman–Crippen LogP) is 3.65. The van der Waals surface area contributed by atoms with Gasteiger partial charge in [0.05, 0.1) is 22.6 Å². The highest BCUT2D eigenvalue weighted by Gasteiger charge is 2.24. The van der Waals surface area contributed by atoms with Crippen LogP contribution in [0.1, 0.15) is 34.9 Å². The van der Waals surface area contributed by atoms with Crippen molar-refractivity contribution >= 4 is 45.1 Å². The van der Waals surface area contributed by atoms with Crippen molar-refractivity contribution in [2.24, 2.45) is 0 Å². The Hall–Kier alpha value is -2.49. The molecule has 4 heterocycles. The minimum Gasteiger partial charge on any atom is -0.367 e. The van der Waals surface area contributed by atoms with Gasteiger partial charge in [-0.2, -0.15) is 0 Å². The van der Waals surface area contributed by atoms with E-state index in [2.05, 4.69) is 41.8 Å². The van der Waals surface area contributed by atoms with Crippen LogP contribution in [0.25, 0.3) is 0 Å². The molecule has 5 rings (SSSR count). The Morgan fingerprint density at radius 3 is 2.65 bits per heavy atom. The van der Waals surface area contributed by atoms with Gasteiger partial charge in [0.15, 0.2) is 5.13 Å². The largest absolute Gasteiger partial charge is 0.367 e. The Morgan fingerprint density at radius 1 is 1.06 bits per heavy atom. The van der Waals surface area contributed by atoms with Gasteiger partial charge in [-0.25, -0.2) is 9.97 Å². The Labute approximate surface area is 190 Å². The van der Waals surface area contributed by atoms with Crippen molar-refractivity contribution in [3.63, 3.8) is 0 Å². The lowest BCUT2D eigenvalue weighted by atomic mass is 9.94. The molecule has 2 aromatic heterocycles. The summed E-state index contributed by atoms with van der Waals surface area (Å²) >= 11 is 3.21. The van der Waals surface area contributed by atoms with Crippen LogP contribution in [0.4, 0.5) is 16.5 Å². The molecule has 0 spiro atoms. The number of hydrogen-bond acceptors (Lipinski definition) is 8. The molecule has 7 nitrogen and oxygen atoms in total. The molecule has 2 aliphatic heterocycles. The molecule has 2 saturated heterocycles. The van der Waals surface area contributed by atoms with Gasteiger partial charge in [0, 0.05) is 55.9 Å². The molecule has 1 amide bonds. The molecular formula is C22H26N6OS2. The predicted molar refractivity (Wildman–Crippen MR) is 128 cm³/mol. The van der Waals surface area contributed by atoms with E-state index in [1.54, 1.807) is 22.7 Å². The molecule has 2 aliphatic rings. The fourth-order valence-corrected chi connectivity index (χ4v) is 5.75. The first kappa shape index (κ1) is 20.4. The number of aromatic nitrogens is 2. The maximum atomic E-state index is 12.9. The number of hydrogen-bond donors (Lipinski definition) is 2. The number of para-hydroxylation sites is 2. The summed E-state index contributed by atoms with van der Waals surface area (Å²) in [5.41, 5.74) is 5.52. The van der Waals surface area contributed by atoms with Crippen molar-refractivity contribution in [1.82, 2.24) is 15.3 Å². The van der Waals surface area contributed by atoms with E-state index in [-0.39, 0.29) is 5.91 Å². The summed E-state index contributed by atoms with van der Waals surface area (Å²) in [5.74, 6) is 0.383. The van der Waals surface area contributed by atoms with Gasteiger partial charge < -0.3 is 20.4 Å². The molecule has 1 aromatic carbocycles. The summed E-state index contributed by atoms with van der Waals surface area (Å²) in [6, 6.07) is 8.01. The molecule has 0 atom stereocenters. The van der Waals surface area contributed by atoms with E-state index in [4.69, 9.17) is 0 Å². The summed E-state index contributed by atoms with van der Waals surface area (Å²) in [6.07, 6.45) is 2.14. The van der Waals surface area contributed by atoms with Crippen molar-refractivity contribution in [1.29, 1.82) is 0 Å². The highest BCUT2D eigenvalue weighted by atomic mass is 32.1. The van der Waals surface area contributed by atoms with Gasteiger partial charge in [0.2, 0.25) is 0 Å². The topological polar surface area (TPSA) is 73.4 Å². The zero-order chi connectivity index (χ0) is 21.0. The van der Waals surface area contributed by atoms with Crippen LogP contribution in [0.2, 0.25) is 0 Å². The number of carbonyl (C=O) groups excluding carboxylic acids is 1. The van der Waals surface area contributed by atoms with Crippen molar-refractivity contribution < 1.29 is 4.79 Å². The number of carbonyl (C=O) groups is 1. The minimum absolute atomic E-state index is 0.151. The standard InChI is InChI=1S/C22H26N6OS2/c29-21(25-17-3-1-2-4-20(17)27-11-7-23-8-12-27)19-14-31-22(26-19)28-9-5-16(6-10-28)18-13-30-15-24-18/h1-4,13-16,23H,5-12H2,(H,25,29). The smallest absolute Gasteiger partial charge is 0.275 e. The normalized spacial score (nSPS) is 17.7. The van der Waals surface area contributed by atoms with Crippen molar-refractivity contribution in [3.05, 3.63) is 51.9 Å². The third-order valence-electron chi connectivity index (χ3n) is 5.97. The lowest BCUT2D eigenvalue weighted by Crippen LogP contribution is -2.43. The second-order valence-electron chi connectivity index (χ2n) is 7.90. The molecule has 0 radical (unpaired) electrons. The molecule has 3 aromatic rings. The second kappa shape index (κ2) is 9.33. The van der Waals surface area contributed by atoms with Gasteiger partial charge >= 0.3 is 0 Å². The number of nitrogens with one attached hydrogen (secondary N) is 2. The first-order valence-corrected chi connectivity index (χ1v) is 12.5. The first-order valence-electron chi connectivity index (χ1n) is 10.7. The number of benzene rings is 1. The number of anilines is 3.